The van der Waals surface area contributed by atoms with Gasteiger partial charge in [-0.3, -0.25) is 10.1 Å². The summed E-state index contributed by atoms with van der Waals surface area (Å²) in [6.07, 6.45) is -2.49. The monoisotopic (exact) mass is 422 g/mol. The number of carbonyl (C=O) groups excluding carboxylic acids is 1. The van der Waals surface area contributed by atoms with E-state index in [1.54, 1.807) is 0 Å². The van der Waals surface area contributed by atoms with Gasteiger partial charge in [0.25, 0.3) is 5.91 Å². The van der Waals surface area contributed by atoms with Crippen molar-refractivity contribution in [2.24, 2.45) is 0 Å². The Balaban J connectivity index is 1.64. The zero-order chi connectivity index (χ0) is 20.9. The second-order valence-electron chi connectivity index (χ2n) is 6.06. The normalized spacial score (nSPS) is 12.4. The van der Waals surface area contributed by atoms with Crippen molar-refractivity contribution in [2.45, 2.75) is 25.4 Å². The molecule has 3 aromatic rings. The van der Waals surface area contributed by atoms with E-state index in [2.05, 4.69) is 25.2 Å². The van der Waals surface area contributed by atoms with Crippen molar-refractivity contribution in [3.05, 3.63) is 64.8 Å². The van der Waals surface area contributed by atoms with Crippen LogP contribution in [0.15, 0.2) is 48.7 Å². The molecule has 0 radical (unpaired) electrons. The number of carbonyl (C=O) groups is 1. The van der Waals surface area contributed by atoms with Gasteiger partial charge >= 0.3 is 6.18 Å². The lowest BCUT2D eigenvalue weighted by Crippen LogP contribution is -2.19. The van der Waals surface area contributed by atoms with Crippen LogP contribution in [0.1, 0.15) is 40.2 Å². The zero-order valence-electron chi connectivity index (χ0n) is 15.3. The highest BCUT2D eigenvalue weighted by Gasteiger charge is 2.28. The molecule has 2 aromatic heterocycles. The fourth-order valence-electron chi connectivity index (χ4n) is 2.59. The average Bonchev–Trinajstić information content (AvgIpc) is 3.15. The Morgan fingerprint density at radius 1 is 1.17 bits per heavy atom. The average molecular weight is 422 g/mol. The molecule has 10 heteroatoms. The van der Waals surface area contributed by atoms with Crippen LogP contribution in [-0.4, -0.2) is 33.9 Å². The number of hydrogen-bond donors (Lipinski definition) is 1. The van der Waals surface area contributed by atoms with Crippen LogP contribution < -0.4 is 10.1 Å². The lowest BCUT2D eigenvalue weighted by molar-refractivity contribution is -0.154. The van der Waals surface area contributed by atoms with Gasteiger partial charge in [0, 0.05) is 18.2 Å². The van der Waals surface area contributed by atoms with Crippen molar-refractivity contribution < 1.29 is 22.7 Å². The van der Waals surface area contributed by atoms with Crippen LogP contribution in [0.2, 0.25) is 0 Å². The van der Waals surface area contributed by atoms with Gasteiger partial charge in [-0.15, -0.1) is 10.2 Å². The van der Waals surface area contributed by atoms with Crippen LogP contribution in [0.4, 0.5) is 18.3 Å². The van der Waals surface area contributed by atoms with Gasteiger partial charge in [-0.1, -0.05) is 48.6 Å². The molecule has 3 rings (SSSR count). The Morgan fingerprint density at radius 3 is 2.55 bits per heavy atom. The Bertz CT molecular complexity index is 946. The molecule has 0 saturated heterocycles. The number of anilines is 1. The van der Waals surface area contributed by atoms with Gasteiger partial charge in [-0.05, 0) is 18.1 Å². The van der Waals surface area contributed by atoms with Crippen molar-refractivity contribution >= 4 is 22.4 Å². The van der Waals surface area contributed by atoms with E-state index < -0.39 is 18.7 Å². The molecule has 0 fully saturated rings. The molecule has 0 spiro atoms. The Kier molecular flexibility index (Phi) is 6.42. The number of nitrogens with one attached hydrogen (secondary N) is 1. The molecule has 0 saturated carbocycles. The molecular weight excluding hydrogens is 405 g/mol. The molecule has 1 atom stereocenters. The molecule has 152 valence electrons. The minimum atomic E-state index is -4.45. The first-order valence-corrected chi connectivity index (χ1v) is 9.52. The number of alkyl halides is 3. The molecule has 1 unspecified atom stereocenters. The van der Waals surface area contributed by atoms with Crippen LogP contribution >= 0.6 is 11.3 Å². The van der Waals surface area contributed by atoms with Crippen molar-refractivity contribution in [1.82, 2.24) is 15.2 Å². The number of benzene rings is 1. The molecule has 2 heterocycles. The smallest absolute Gasteiger partial charge is 0.422 e. The minimum Gasteiger partial charge on any atom is -0.468 e. The van der Waals surface area contributed by atoms with Crippen molar-refractivity contribution in [2.75, 3.05) is 11.9 Å². The predicted molar refractivity (Wildman–Crippen MR) is 102 cm³/mol. The number of hydrogen-bond acceptors (Lipinski definition) is 6. The van der Waals surface area contributed by atoms with Crippen molar-refractivity contribution in [1.29, 1.82) is 0 Å². The van der Waals surface area contributed by atoms with Gasteiger partial charge < -0.3 is 4.74 Å². The summed E-state index contributed by atoms with van der Waals surface area (Å²) < 4.78 is 41.0. The Hall–Kier alpha value is -3.01. The molecule has 1 aromatic carbocycles. The van der Waals surface area contributed by atoms with E-state index in [1.165, 1.54) is 23.5 Å². The highest BCUT2D eigenvalue weighted by molar-refractivity contribution is 7.15. The van der Waals surface area contributed by atoms with E-state index in [9.17, 15) is 18.0 Å². The number of pyridine rings is 1. The number of aromatic nitrogens is 3. The summed E-state index contributed by atoms with van der Waals surface area (Å²) in [6.45, 7) is 0.602. The number of amides is 1. The maximum atomic E-state index is 12.3. The third kappa shape index (κ3) is 5.74. The molecule has 6 nitrogen and oxygen atoms in total. The first-order chi connectivity index (χ1) is 13.9. The van der Waals surface area contributed by atoms with E-state index >= 15 is 0 Å². The molecule has 1 amide bonds. The van der Waals surface area contributed by atoms with E-state index in [1.807, 2.05) is 37.3 Å². The molecule has 0 bridgehead atoms. The van der Waals surface area contributed by atoms with Gasteiger partial charge in [0.1, 0.15) is 5.01 Å². The van der Waals surface area contributed by atoms with Crippen LogP contribution in [0.5, 0.6) is 5.88 Å². The Morgan fingerprint density at radius 2 is 1.93 bits per heavy atom. The largest absolute Gasteiger partial charge is 0.468 e. The highest BCUT2D eigenvalue weighted by atomic mass is 32.1. The van der Waals surface area contributed by atoms with Crippen LogP contribution in [0.3, 0.4) is 0 Å². The summed E-state index contributed by atoms with van der Waals surface area (Å²) >= 11 is 1.27. The van der Waals surface area contributed by atoms with E-state index in [0.29, 0.717) is 5.13 Å². The number of rotatable bonds is 7. The molecule has 0 aliphatic carbocycles. The lowest BCUT2D eigenvalue weighted by atomic mass is 9.97. The molecule has 0 aliphatic heterocycles. The van der Waals surface area contributed by atoms with E-state index in [4.69, 9.17) is 0 Å². The fourth-order valence-corrected chi connectivity index (χ4v) is 3.54. The molecule has 29 heavy (non-hydrogen) atoms. The maximum absolute atomic E-state index is 12.3. The van der Waals surface area contributed by atoms with Crippen LogP contribution in [0, 0.1) is 0 Å². The van der Waals surface area contributed by atoms with Crippen LogP contribution in [0.25, 0.3) is 0 Å². The van der Waals surface area contributed by atoms with Gasteiger partial charge in [0.2, 0.25) is 11.0 Å². The SMILES string of the molecule is CCC(c1ccccc1)c1nnc(NC(=O)c2ccc(OCC(F)(F)F)nc2)s1. The topological polar surface area (TPSA) is 77.0 Å². The zero-order valence-corrected chi connectivity index (χ0v) is 16.1. The highest BCUT2D eigenvalue weighted by Crippen LogP contribution is 2.31. The number of nitrogens with zero attached hydrogens (tertiary/aromatic N) is 3. The maximum Gasteiger partial charge on any atom is 0.422 e. The third-order valence-electron chi connectivity index (χ3n) is 3.95. The summed E-state index contributed by atoms with van der Waals surface area (Å²) in [6, 6.07) is 12.4. The van der Waals surface area contributed by atoms with Crippen molar-refractivity contribution in [3.63, 3.8) is 0 Å². The summed E-state index contributed by atoms with van der Waals surface area (Å²) in [4.78, 5) is 16.0. The second-order valence-corrected chi connectivity index (χ2v) is 7.07. The Labute approximate surface area is 168 Å². The number of ether oxygens (including phenoxy) is 1. The lowest BCUT2D eigenvalue weighted by Gasteiger charge is -2.11. The first-order valence-electron chi connectivity index (χ1n) is 8.71. The molecule has 0 aliphatic rings. The second kappa shape index (κ2) is 8.99. The standard InChI is InChI=1S/C19H17F3N4O2S/c1-2-14(12-6-4-3-5-7-12)17-25-26-18(29-17)24-16(27)13-8-9-15(23-10-13)28-11-19(20,21)22/h3-10,14H,2,11H2,1H3,(H,24,26,27). The minimum absolute atomic E-state index is 0.0751. The molecule has 1 N–H and O–H groups in total. The number of halogens is 3. The summed E-state index contributed by atoms with van der Waals surface area (Å²) in [5.41, 5.74) is 1.28. The van der Waals surface area contributed by atoms with Gasteiger partial charge in [0.15, 0.2) is 6.61 Å². The van der Waals surface area contributed by atoms with E-state index in [-0.39, 0.29) is 17.4 Å². The van der Waals surface area contributed by atoms with Gasteiger partial charge in [0.05, 0.1) is 5.56 Å². The van der Waals surface area contributed by atoms with Crippen molar-refractivity contribution in [3.8, 4) is 5.88 Å². The predicted octanol–water partition coefficient (Wildman–Crippen LogP) is 4.67. The molecular formula is C19H17F3N4O2S. The third-order valence-corrected chi connectivity index (χ3v) is 4.90. The van der Waals surface area contributed by atoms with E-state index in [0.717, 1.165) is 23.2 Å². The summed E-state index contributed by atoms with van der Waals surface area (Å²) in [5.74, 6) is -0.632. The summed E-state index contributed by atoms with van der Waals surface area (Å²) in [7, 11) is 0. The summed E-state index contributed by atoms with van der Waals surface area (Å²) in [5, 5.41) is 11.9. The van der Waals surface area contributed by atoms with Gasteiger partial charge in [-0.25, -0.2) is 4.98 Å². The van der Waals surface area contributed by atoms with Gasteiger partial charge in [-0.2, -0.15) is 13.2 Å². The van der Waals surface area contributed by atoms with Crippen LogP contribution in [-0.2, 0) is 0 Å². The quantitative estimate of drug-likeness (QED) is 0.599. The fraction of sp³-hybridized carbons (Fsp3) is 0.263. The first kappa shape index (κ1) is 20.7.